The van der Waals surface area contributed by atoms with E-state index in [1.54, 1.807) is 0 Å². The van der Waals surface area contributed by atoms with E-state index < -0.39 is 0 Å². The van der Waals surface area contributed by atoms with Gasteiger partial charge in [-0.05, 0) is 45.7 Å². The first-order chi connectivity index (χ1) is 7.53. The van der Waals surface area contributed by atoms with Crippen molar-refractivity contribution in [1.82, 2.24) is 4.98 Å². The molecule has 0 aromatic carbocycles. The van der Waals surface area contributed by atoms with E-state index in [2.05, 4.69) is 29.8 Å². The van der Waals surface area contributed by atoms with Gasteiger partial charge in [-0.25, -0.2) is 4.98 Å². The smallest absolute Gasteiger partial charge is 0.130 e. The molecule has 1 aliphatic rings. The van der Waals surface area contributed by atoms with Crippen LogP contribution in [0.4, 0.5) is 5.82 Å². The molecule has 1 aliphatic heterocycles. The van der Waals surface area contributed by atoms with Crippen LogP contribution < -0.4 is 4.90 Å². The van der Waals surface area contributed by atoms with Crippen LogP contribution in [-0.4, -0.2) is 17.1 Å². The van der Waals surface area contributed by atoms with Crippen molar-refractivity contribution in [3.8, 4) is 6.07 Å². The number of anilines is 1. The average molecular weight is 215 g/mol. The molecule has 0 N–H and O–H groups in total. The lowest BCUT2D eigenvalue weighted by Gasteiger charge is -2.32. The summed E-state index contributed by atoms with van der Waals surface area (Å²) in [4.78, 5) is 6.84. The Morgan fingerprint density at radius 2 is 2.19 bits per heavy atom. The van der Waals surface area contributed by atoms with Crippen molar-refractivity contribution >= 4 is 5.82 Å². The predicted molar refractivity (Wildman–Crippen MR) is 64.3 cm³/mol. The summed E-state index contributed by atoms with van der Waals surface area (Å²) in [6.45, 7) is 7.44. The van der Waals surface area contributed by atoms with Gasteiger partial charge in [-0.3, -0.25) is 0 Å². The first-order valence-electron chi connectivity index (χ1n) is 5.69. The van der Waals surface area contributed by atoms with Crippen molar-refractivity contribution in [2.24, 2.45) is 0 Å². The molecule has 1 aromatic rings. The SMILES string of the molecule is Cc1cc(C#N)cc(N2CCCC2(C)C)n1. The van der Waals surface area contributed by atoms with Gasteiger partial charge in [0.2, 0.25) is 0 Å². The van der Waals surface area contributed by atoms with Crippen LogP contribution in [0.5, 0.6) is 0 Å². The van der Waals surface area contributed by atoms with Gasteiger partial charge in [0.25, 0.3) is 0 Å². The second kappa shape index (κ2) is 3.79. The van der Waals surface area contributed by atoms with E-state index >= 15 is 0 Å². The molecule has 2 heterocycles. The summed E-state index contributed by atoms with van der Waals surface area (Å²) in [6.07, 6.45) is 2.38. The standard InChI is InChI=1S/C13H17N3/c1-10-7-11(9-14)8-12(15-10)16-6-4-5-13(16,2)3/h7-8H,4-6H2,1-3H3. The van der Waals surface area contributed by atoms with Crippen molar-refractivity contribution in [2.45, 2.75) is 39.2 Å². The molecule has 3 nitrogen and oxygen atoms in total. The highest BCUT2D eigenvalue weighted by atomic mass is 15.3. The van der Waals surface area contributed by atoms with Crippen LogP contribution in [0.1, 0.15) is 37.9 Å². The molecule has 0 amide bonds. The summed E-state index contributed by atoms with van der Waals surface area (Å²) in [5.41, 5.74) is 1.77. The minimum absolute atomic E-state index is 0.160. The van der Waals surface area contributed by atoms with Crippen LogP contribution in [-0.2, 0) is 0 Å². The summed E-state index contributed by atoms with van der Waals surface area (Å²) >= 11 is 0. The zero-order chi connectivity index (χ0) is 11.8. The van der Waals surface area contributed by atoms with Gasteiger partial charge in [0.1, 0.15) is 5.82 Å². The van der Waals surface area contributed by atoms with E-state index in [4.69, 9.17) is 5.26 Å². The zero-order valence-electron chi connectivity index (χ0n) is 10.1. The summed E-state index contributed by atoms with van der Waals surface area (Å²) in [5.74, 6) is 0.944. The van der Waals surface area contributed by atoms with Crippen LogP contribution in [0.15, 0.2) is 12.1 Å². The van der Waals surface area contributed by atoms with Gasteiger partial charge >= 0.3 is 0 Å². The topological polar surface area (TPSA) is 39.9 Å². The molecule has 0 unspecified atom stereocenters. The lowest BCUT2D eigenvalue weighted by molar-refractivity contribution is 0.514. The Bertz CT molecular complexity index is 443. The number of aryl methyl sites for hydroxylation is 1. The van der Waals surface area contributed by atoms with E-state index in [0.717, 1.165) is 18.1 Å². The Kier molecular flexibility index (Phi) is 2.59. The second-order valence-electron chi connectivity index (χ2n) is 5.03. The van der Waals surface area contributed by atoms with Crippen molar-refractivity contribution < 1.29 is 0 Å². The monoisotopic (exact) mass is 215 g/mol. The number of pyridine rings is 1. The van der Waals surface area contributed by atoms with Crippen LogP contribution in [0.25, 0.3) is 0 Å². The van der Waals surface area contributed by atoms with E-state index in [-0.39, 0.29) is 5.54 Å². The summed E-state index contributed by atoms with van der Waals surface area (Å²) in [7, 11) is 0. The van der Waals surface area contributed by atoms with Gasteiger partial charge in [-0.15, -0.1) is 0 Å². The van der Waals surface area contributed by atoms with Crippen LogP contribution >= 0.6 is 0 Å². The highest BCUT2D eigenvalue weighted by Crippen LogP contribution is 2.32. The minimum Gasteiger partial charge on any atom is -0.351 e. The molecule has 0 bridgehead atoms. The highest BCUT2D eigenvalue weighted by Gasteiger charge is 2.32. The molecule has 0 radical (unpaired) electrons. The molecule has 0 spiro atoms. The molecule has 2 rings (SSSR count). The fraction of sp³-hybridized carbons (Fsp3) is 0.538. The largest absolute Gasteiger partial charge is 0.351 e. The lowest BCUT2D eigenvalue weighted by atomic mass is 10.0. The molecule has 0 atom stereocenters. The van der Waals surface area contributed by atoms with Gasteiger partial charge < -0.3 is 4.90 Å². The molecule has 3 heteroatoms. The van der Waals surface area contributed by atoms with Crippen molar-refractivity contribution in [1.29, 1.82) is 5.26 Å². The van der Waals surface area contributed by atoms with Crippen molar-refractivity contribution in [3.05, 3.63) is 23.4 Å². The molecular weight excluding hydrogens is 198 g/mol. The number of hydrogen-bond acceptors (Lipinski definition) is 3. The van der Waals surface area contributed by atoms with Gasteiger partial charge in [-0.1, -0.05) is 0 Å². The molecule has 1 saturated heterocycles. The summed E-state index contributed by atoms with van der Waals surface area (Å²) in [6, 6.07) is 5.91. The molecule has 0 aliphatic carbocycles. The fourth-order valence-electron chi connectivity index (χ4n) is 2.39. The number of nitriles is 1. The Morgan fingerprint density at radius 1 is 1.44 bits per heavy atom. The molecule has 16 heavy (non-hydrogen) atoms. The predicted octanol–water partition coefficient (Wildman–Crippen LogP) is 2.64. The normalized spacial score (nSPS) is 18.5. The van der Waals surface area contributed by atoms with E-state index in [0.29, 0.717) is 5.56 Å². The third kappa shape index (κ3) is 1.88. The summed E-state index contributed by atoms with van der Waals surface area (Å²) < 4.78 is 0. The van der Waals surface area contributed by atoms with Gasteiger partial charge in [0, 0.05) is 17.8 Å². The first kappa shape index (κ1) is 10.9. The Morgan fingerprint density at radius 3 is 2.75 bits per heavy atom. The number of aromatic nitrogens is 1. The molecular formula is C13H17N3. The maximum absolute atomic E-state index is 8.96. The quantitative estimate of drug-likeness (QED) is 0.723. The maximum Gasteiger partial charge on any atom is 0.130 e. The van der Waals surface area contributed by atoms with Crippen molar-refractivity contribution in [3.63, 3.8) is 0 Å². The maximum atomic E-state index is 8.96. The highest BCUT2D eigenvalue weighted by molar-refractivity contribution is 5.49. The van der Waals surface area contributed by atoms with Crippen LogP contribution in [0.2, 0.25) is 0 Å². The average Bonchev–Trinajstić information content (AvgIpc) is 2.57. The summed E-state index contributed by atoms with van der Waals surface area (Å²) in [5, 5.41) is 8.96. The van der Waals surface area contributed by atoms with Crippen molar-refractivity contribution in [2.75, 3.05) is 11.4 Å². The third-order valence-corrected chi connectivity index (χ3v) is 3.25. The van der Waals surface area contributed by atoms with E-state index in [1.165, 1.54) is 12.8 Å². The number of rotatable bonds is 1. The lowest BCUT2D eigenvalue weighted by Crippen LogP contribution is -2.38. The van der Waals surface area contributed by atoms with Gasteiger partial charge in [-0.2, -0.15) is 5.26 Å². The van der Waals surface area contributed by atoms with Gasteiger partial charge in [0.05, 0.1) is 11.6 Å². The van der Waals surface area contributed by atoms with E-state index in [9.17, 15) is 0 Å². The first-order valence-corrected chi connectivity index (χ1v) is 5.69. The number of hydrogen-bond donors (Lipinski definition) is 0. The Balaban J connectivity index is 2.41. The molecule has 84 valence electrons. The third-order valence-electron chi connectivity index (χ3n) is 3.25. The van der Waals surface area contributed by atoms with Crippen LogP contribution in [0, 0.1) is 18.3 Å². The fourth-order valence-corrected chi connectivity index (χ4v) is 2.39. The van der Waals surface area contributed by atoms with Crippen LogP contribution in [0.3, 0.4) is 0 Å². The Labute approximate surface area is 96.7 Å². The number of nitrogens with zero attached hydrogens (tertiary/aromatic N) is 3. The molecule has 1 fully saturated rings. The van der Waals surface area contributed by atoms with E-state index in [1.807, 2.05) is 19.1 Å². The molecule has 1 aromatic heterocycles. The minimum atomic E-state index is 0.160. The Hall–Kier alpha value is -1.56. The second-order valence-corrected chi connectivity index (χ2v) is 5.03. The zero-order valence-corrected chi connectivity index (χ0v) is 10.1. The van der Waals surface area contributed by atoms with Gasteiger partial charge in [0.15, 0.2) is 0 Å². The molecule has 0 saturated carbocycles.